The molecule has 1 N–H and O–H groups in total. The van der Waals surface area contributed by atoms with Crippen LogP contribution in [0, 0.1) is 6.92 Å². The van der Waals surface area contributed by atoms with Crippen molar-refractivity contribution in [2.24, 2.45) is 0 Å². The molecule has 1 aromatic rings. The standard InChI is InChI=1S/C17H27NO3/c1-4-9-18-11-14-6-7-15(21-14)12-20-16-8-5-13(2)10-17(16)19-3/h5,8,10,14-15,18H,4,6-7,9,11-12H2,1-3H3. The van der Waals surface area contributed by atoms with Gasteiger partial charge in [0.2, 0.25) is 0 Å². The maximum Gasteiger partial charge on any atom is 0.161 e. The van der Waals surface area contributed by atoms with Gasteiger partial charge in [0.25, 0.3) is 0 Å². The Balaban J connectivity index is 1.76. The first-order valence-electron chi connectivity index (χ1n) is 7.86. The van der Waals surface area contributed by atoms with Crippen molar-refractivity contribution in [3.63, 3.8) is 0 Å². The molecule has 21 heavy (non-hydrogen) atoms. The molecule has 0 bridgehead atoms. The number of hydrogen-bond donors (Lipinski definition) is 1. The number of rotatable bonds is 8. The van der Waals surface area contributed by atoms with Gasteiger partial charge in [0.05, 0.1) is 19.3 Å². The molecule has 4 heteroatoms. The summed E-state index contributed by atoms with van der Waals surface area (Å²) < 4.78 is 17.2. The summed E-state index contributed by atoms with van der Waals surface area (Å²) in [7, 11) is 1.67. The van der Waals surface area contributed by atoms with E-state index in [1.165, 1.54) is 5.56 Å². The van der Waals surface area contributed by atoms with Gasteiger partial charge in [-0.2, -0.15) is 0 Å². The lowest BCUT2D eigenvalue weighted by molar-refractivity contribution is 0.0182. The molecule has 1 fully saturated rings. The average Bonchev–Trinajstić information content (AvgIpc) is 2.94. The second-order valence-electron chi connectivity index (χ2n) is 5.63. The lowest BCUT2D eigenvalue weighted by Gasteiger charge is -2.16. The molecule has 1 aliphatic rings. The Hall–Kier alpha value is -1.26. The Morgan fingerprint density at radius 2 is 2.05 bits per heavy atom. The quantitative estimate of drug-likeness (QED) is 0.748. The van der Waals surface area contributed by atoms with Crippen molar-refractivity contribution < 1.29 is 14.2 Å². The van der Waals surface area contributed by atoms with E-state index in [-0.39, 0.29) is 6.10 Å². The highest BCUT2D eigenvalue weighted by Gasteiger charge is 2.25. The van der Waals surface area contributed by atoms with E-state index < -0.39 is 0 Å². The van der Waals surface area contributed by atoms with Crippen LogP contribution in [-0.4, -0.2) is 39.0 Å². The topological polar surface area (TPSA) is 39.7 Å². The molecule has 4 nitrogen and oxygen atoms in total. The van der Waals surface area contributed by atoms with Crippen molar-refractivity contribution in [3.8, 4) is 11.5 Å². The molecule has 0 amide bonds. The highest BCUT2D eigenvalue weighted by Crippen LogP contribution is 2.29. The maximum atomic E-state index is 6.00. The summed E-state index contributed by atoms with van der Waals surface area (Å²) >= 11 is 0. The molecule has 1 aromatic carbocycles. The zero-order valence-corrected chi connectivity index (χ0v) is 13.4. The van der Waals surface area contributed by atoms with Crippen LogP contribution in [0.25, 0.3) is 0 Å². The normalized spacial score (nSPS) is 21.5. The summed E-state index contributed by atoms with van der Waals surface area (Å²) in [5.74, 6) is 1.58. The second-order valence-corrected chi connectivity index (χ2v) is 5.63. The van der Waals surface area contributed by atoms with Crippen LogP contribution in [0.5, 0.6) is 11.5 Å². The van der Waals surface area contributed by atoms with Gasteiger partial charge in [-0.3, -0.25) is 0 Å². The smallest absolute Gasteiger partial charge is 0.161 e. The van der Waals surface area contributed by atoms with Crippen LogP contribution in [0.1, 0.15) is 31.7 Å². The molecule has 0 aromatic heterocycles. The molecule has 2 unspecified atom stereocenters. The van der Waals surface area contributed by atoms with E-state index in [1.54, 1.807) is 7.11 Å². The van der Waals surface area contributed by atoms with Gasteiger partial charge >= 0.3 is 0 Å². The minimum atomic E-state index is 0.185. The Morgan fingerprint density at radius 1 is 1.24 bits per heavy atom. The Bertz CT molecular complexity index is 436. The second kappa shape index (κ2) is 8.25. The van der Waals surface area contributed by atoms with E-state index in [9.17, 15) is 0 Å². The Morgan fingerprint density at radius 3 is 2.81 bits per heavy atom. The number of benzene rings is 1. The van der Waals surface area contributed by atoms with Crippen molar-refractivity contribution in [1.82, 2.24) is 5.32 Å². The zero-order chi connectivity index (χ0) is 15.1. The number of nitrogens with one attached hydrogen (secondary N) is 1. The summed E-state index contributed by atoms with van der Waals surface area (Å²) in [6.45, 7) is 6.80. The molecule has 1 saturated heterocycles. The fourth-order valence-electron chi connectivity index (χ4n) is 2.57. The predicted octanol–water partition coefficient (Wildman–Crippen LogP) is 2.93. The van der Waals surface area contributed by atoms with E-state index in [0.717, 1.165) is 43.9 Å². The van der Waals surface area contributed by atoms with Crippen molar-refractivity contribution >= 4 is 0 Å². The van der Waals surface area contributed by atoms with E-state index in [2.05, 4.69) is 12.2 Å². The van der Waals surface area contributed by atoms with Crippen LogP contribution in [0.2, 0.25) is 0 Å². The highest BCUT2D eigenvalue weighted by atomic mass is 16.6. The summed E-state index contributed by atoms with van der Waals surface area (Å²) in [6, 6.07) is 5.98. The third-order valence-corrected chi connectivity index (χ3v) is 3.74. The van der Waals surface area contributed by atoms with Crippen LogP contribution in [0.15, 0.2) is 18.2 Å². The molecule has 2 rings (SSSR count). The molecule has 118 valence electrons. The van der Waals surface area contributed by atoms with Crippen LogP contribution < -0.4 is 14.8 Å². The molecule has 0 saturated carbocycles. The number of ether oxygens (including phenoxy) is 3. The molecule has 0 aliphatic carbocycles. The fraction of sp³-hybridized carbons (Fsp3) is 0.647. The van der Waals surface area contributed by atoms with E-state index in [1.807, 2.05) is 25.1 Å². The fourth-order valence-corrected chi connectivity index (χ4v) is 2.57. The summed E-state index contributed by atoms with van der Waals surface area (Å²) in [6.07, 6.45) is 3.84. The van der Waals surface area contributed by atoms with Crippen molar-refractivity contribution in [1.29, 1.82) is 0 Å². The minimum absolute atomic E-state index is 0.185. The van der Waals surface area contributed by atoms with Gasteiger partial charge in [-0.1, -0.05) is 13.0 Å². The monoisotopic (exact) mass is 293 g/mol. The summed E-state index contributed by atoms with van der Waals surface area (Å²) in [5, 5.41) is 3.41. The number of hydrogen-bond acceptors (Lipinski definition) is 4. The van der Waals surface area contributed by atoms with Gasteiger partial charge in [-0.05, 0) is 50.4 Å². The van der Waals surface area contributed by atoms with Crippen molar-refractivity contribution in [2.75, 3.05) is 26.8 Å². The van der Waals surface area contributed by atoms with Gasteiger partial charge in [-0.25, -0.2) is 0 Å². The molecule has 0 radical (unpaired) electrons. The lowest BCUT2D eigenvalue weighted by atomic mass is 10.2. The van der Waals surface area contributed by atoms with Gasteiger partial charge in [0, 0.05) is 6.54 Å². The summed E-state index contributed by atoms with van der Waals surface area (Å²) in [5.41, 5.74) is 1.17. The Kier molecular flexibility index (Phi) is 6.33. The number of aryl methyl sites for hydroxylation is 1. The molecule has 1 heterocycles. The first-order chi connectivity index (χ1) is 10.2. The van der Waals surface area contributed by atoms with Gasteiger partial charge < -0.3 is 19.5 Å². The van der Waals surface area contributed by atoms with Gasteiger partial charge in [0.15, 0.2) is 11.5 Å². The van der Waals surface area contributed by atoms with Gasteiger partial charge in [0.1, 0.15) is 6.61 Å². The highest BCUT2D eigenvalue weighted by molar-refractivity contribution is 5.42. The van der Waals surface area contributed by atoms with E-state index in [0.29, 0.717) is 12.7 Å². The first kappa shape index (κ1) is 16.1. The SMILES string of the molecule is CCCNCC1CCC(COc2ccc(C)cc2OC)O1. The molecule has 0 spiro atoms. The minimum Gasteiger partial charge on any atom is -0.493 e. The maximum absolute atomic E-state index is 6.00. The van der Waals surface area contributed by atoms with Crippen LogP contribution in [0.4, 0.5) is 0 Å². The van der Waals surface area contributed by atoms with Crippen LogP contribution in [0.3, 0.4) is 0 Å². The van der Waals surface area contributed by atoms with Crippen molar-refractivity contribution in [3.05, 3.63) is 23.8 Å². The summed E-state index contributed by atoms with van der Waals surface area (Å²) in [4.78, 5) is 0. The first-order valence-corrected chi connectivity index (χ1v) is 7.86. The largest absolute Gasteiger partial charge is 0.493 e. The predicted molar refractivity (Wildman–Crippen MR) is 84.3 cm³/mol. The third kappa shape index (κ3) is 4.90. The lowest BCUT2D eigenvalue weighted by Crippen LogP contribution is -2.28. The van der Waals surface area contributed by atoms with Crippen molar-refractivity contribution in [2.45, 2.75) is 45.3 Å². The molecular weight excluding hydrogens is 266 g/mol. The Labute approximate surface area is 127 Å². The van der Waals surface area contributed by atoms with Gasteiger partial charge in [-0.15, -0.1) is 0 Å². The van der Waals surface area contributed by atoms with E-state index >= 15 is 0 Å². The van der Waals surface area contributed by atoms with Crippen LogP contribution >= 0.6 is 0 Å². The van der Waals surface area contributed by atoms with Crippen LogP contribution in [-0.2, 0) is 4.74 Å². The van der Waals surface area contributed by atoms with E-state index in [4.69, 9.17) is 14.2 Å². The molecular formula is C17H27NO3. The molecule has 2 atom stereocenters. The zero-order valence-electron chi connectivity index (χ0n) is 13.4. The third-order valence-electron chi connectivity index (χ3n) is 3.74. The average molecular weight is 293 g/mol. The molecule has 1 aliphatic heterocycles. The number of methoxy groups -OCH3 is 1.